The maximum absolute atomic E-state index is 12.0. The Balaban J connectivity index is 1.94. The van der Waals surface area contributed by atoms with Gasteiger partial charge in [-0.25, -0.2) is 4.79 Å². The van der Waals surface area contributed by atoms with Gasteiger partial charge in [0.05, 0.1) is 17.4 Å². The van der Waals surface area contributed by atoms with Crippen molar-refractivity contribution in [1.82, 2.24) is 14.7 Å². The molecule has 1 unspecified atom stereocenters. The molecule has 0 spiro atoms. The van der Waals surface area contributed by atoms with Crippen LogP contribution in [0, 0.1) is 5.92 Å². The van der Waals surface area contributed by atoms with Gasteiger partial charge in [-0.3, -0.25) is 4.68 Å². The van der Waals surface area contributed by atoms with Crippen molar-refractivity contribution in [3.8, 4) is 0 Å². The number of nitrogens with one attached hydrogen (secondary N) is 1. The summed E-state index contributed by atoms with van der Waals surface area (Å²) in [6.07, 6.45) is 4.35. The van der Waals surface area contributed by atoms with Crippen molar-refractivity contribution in [2.75, 3.05) is 25.0 Å². The summed E-state index contributed by atoms with van der Waals surface area (Å²) in [5, 5.41) is 16.2. The minimum absolute atomic E-state index is 0.0986. The van der Waals surface area contributed by atoms with Crippen molar-refractivity contribution in [3.05, 3.63) is 12.4 Å². The Kier molecular flexibility index (Phi) is 3.80. The normalized spacial score (nSPS) is 19.8. The van der Waals surface area contributed by atoms with E-state index in [9.17, 15) is 4.79 Å². The minimum atomic E-state index is -0.121. The van der Waals surface area contributed by atoms with Gasteiger partial charge in [0.15, 0.2) is 0 Å². The highest BCUT2D eigenvalue weighted by molar-refractivity contribution is 5.89. The number of hydrogen-bond donors (Lipinski definition) is 2. The molecule has 0 radical (unpaired) electrons. The molecule has 1 aliphatic heterocycles. The van der Waals surface area contributed by atoms with Crippen molar-refractivity contribution < 1.29 is 9.90 Å². The number of nitrogens with zero attached hydrogens (tertiary/aromatic N) is 3. The van der Waals surface area contributed by atoms with Crippen LogP contribution in [0.1, 0.15) is 27.2 Å². The zero-order valence-corrected chi connectivity index (χ0v) is 11.8. The van der Waals surface area contributed by atoms with E-state index in [1.807, 2.05) is 10.9 Å². The lowest BCUT2D eigenvalue weighted by molar-refractivity contribution is 0.208. The summed E-state index contributed by atoms with van der Waals surface area (Å²) in [6.45, 7) is 7.62. The van der Waals surface area contributed by atoms with Gasteiger partial charge in [0.2, 0.25) is 0 Å². The molecule has 1 saturated heterocycles. The van der Waals surface area contributed by atoms with Crippen LogP contribution in [-0.4, -0.2) is 45.5 Å². The van der Waals surface area contributed by atoms with E-state index in [1.165, 1.54) is 0 Å². The Labute approximate surface area is 113 Å². The monoisotopic (exact) mass is 266 g/mol. The van der Waals surface area contributed by atoms with Gasteiger partial charge in [0.1, 0.15) is 0 Å². The fraction of sp³-hybridized carbons (Fsp3) is 0.692. The molecule has 2 rings (SSSR count). The number of urea groups is 1. The quantitative estimate of drug-likeness (QED) is 0.852. The molecule has 1 atom stereocenters. The third-order valence-corrected chi connectivity index (χ3v) is 3.35. The smallest absolute Gasteiger partial charge is 0.321 e. The molecule has 0 aromatic carbocycles. The molecule has 0 bridgehead atoms. The lowest BCUT2D eigenvalue weighted by atomic mass is 10.1. The van der Waals surface area contributed by atoms with E-state index in [1.54, 1.807) is 11.1 Å². The molecule has 2 N–H and O–H groups in total. The highest BCUT2D eigenvalue weighted by Crippen LogP contribution is 2.19. The van der Waals surface area contributed by atoms with Gasteiger partial charge in [-0.15, -0.1) is 0 Å². The number of carbonyl (C=O) groups is 1. The molecule has 1 fully saturated rings. The fourth-order valence-electron chi connectivity index (χ4n) is 2.12. The van der Waals surface area contributed by atoms with Crippen LogP contribution in [0.2, 0.25) is 0 Å². The van der Waals surface area contributed by atoms with E-state index in [4.69, 9.17) is 5.11 Å². The molecular weight excluding hydrogens is 244 g/mol. The number of rotatable bonds is 2. The first-order valence-corrected chi connectivity index (χ1v) is 6.62. The first kappa shape index (κ1) is 13.9. The topological polar surface area (TPSA) is 70.4 Å². The third-order valence-electron chi connectivity index (χ3n) is 3.35. The van der Waals surface area contributed by atoms with Crippen LogP contribution < -0.4 is 5.32 Å². The average Bonchev–Trinajstić information content (AvgIpc) is 2.95. The van der Waals surface area contributed by atoms with Gasteiger partial charge in [-0.05, 0) is 27.2 Å². The van der Waals surface area contributed by atoms with Crippen LogP contribution >= 0.6 is 0 Å². The molecule has 19 heavy (non-hydrogen) atoms. The van der Waals surface area contributed by atoms with E-state index in [2.05, 4.69) is 31.2 Å². The number of amides is 2. The molecule has 0 aliphatic carbocycles. The number of carbonyl (C=O) groups excluding carboxylic acids is 1. The molecular formula is C13H22N4O2. The van der Waals surface area contributed by atoms with Crippen LogP contribution in [0.15, 0.2) is 12.4 Å². The largest absolute Gasteiger partial charge is 0.396 e. The Hall–Kier alpha value is -1.56. The summed E-state index contributed by atoms with van der Waals surface area (Å²) in [5.41, 5.74) is 0.603. The molecule has 106 valence electrons. The molecule has 1 aromatic rings. The van der Waals surface area contributed by atoms with E-state index >= 15 is 0 Å². The van der Waals surface area contributed by atoms with E-state index < -0.39 is 0 Å². The molecule has 6 heteroatoms. The Morgan fingerprint density at radius 1 is 1.58 bits per heavy atom. The molecule has 0 saturated carbocycles. The van der Waals surface area contributed by atoms with Gasteiger partial charge in [-0.2, -0.15) is 5.10 Å². The standard InChI is InChI=1S/C13H22N4O2/c1-13(2,3)17-8-11(6-14-17)15-12(19)16-5-4-10(7-16)9-18/h6,8,10,18H,4-5,7,9H2,1-3H3,(H,15,19). The summed E-state index contributed by atoms with van der Waals surface area (Å²) in [5.74, 6) is 0.211. The van der Waals surface area contributed by atoms with E-state index in [0.29, 0.717) is 18.8 Å². The van der Waals surface area contributed by atoms with Crippen molar-refractivity contribution in [2.24, 2.45) is 5.92 Å². The Morgan fingerprint density at radius 2 is 2.32 bits per heavy atom. The number of aliphatic hydroxyl groups is 1. The molecule has 1 aromatic heterocycles. The molecule has 6 nitrogen and oxygen atoms in total. The van der Waals surface area contributed by atoms with Gasteiger partial charge in [0, 0.05) is 31.8 Å². The van der Waals surface area contributed by atoms with Crippen LogP contribution in [0.25, 0.3) is 0 Å². The van der Waals surface area contributed by atoms with Crippen molar-refractivity contribution >= 4 is 11.7 Å². The Morgan fingerprint density at radius 3 is 2.84 bits per heavy atom. The summed E-state index contributed by atoms with van der Waals surface area (Å²) >= 11 is 0. The molecule has 2 amide bonds. The van der Waals surface area contributed by atoms with Crippen molar-refractivity contribution in [3.63, 3.8) is 0 Å². The second kappa shape index (κ2) is 5.21. The van der Waals surface area contributed by atoms with Crippen LogP contribution in [-0.2, 0) is 5.54 Å². The third kappa shape index (κ3) is 3.26. The second-order valence-electron chi connectivity index (χ2n) is 6.06. The van der Waals surface area contributed by atoms with Gasteiger partial charge in [0.25, 0.3) is 0 Å². The number of anilines is 1. The summed E-state index contributed by atoms with van der Waals surface area (Å²) in [7, 11) is 0. The van der Waals surface area contributed by atoms with Crippen LogP contribution in [0.3, 0.4) is 0 Å². The highest BCUT2D eigenvalue weighted by Gasteiger charge is 2.26. The SMILES string of the molecule is CC(C)(C)n1cc(NC(=O)N2CCC(CO)C2)cn1. The maximum Gasteiger partial charge on any atom is 0.321 e. The predicted octanol–water partition coefficient (Wildman–Crippen LogP) is 1.48. The van der Waals surface area contributed by atoms with E-state index in [-0.39, 0.29) is 24.1 Å². The number of hydrogen-bond acceptors (Lipinski definition) is 3. The minimum Gasteiger partial charge on any atom is -0.396 e. The predicted molar refractivity (Wildman–Crippen MR) is 73.0 cm³/mol. The molecule has 1 aliphatic rings. The number of likely N-dealkylation sites (tertiary alicyclic amines) is 1. The van der Waals surface area contributed by atoms with Crippen LogP contribution in [0.4, 0.5) is 10.5 Å². The van der Waals surface area contributed by atoms with Gasteiger partial charge in [-0.1, -0.05) is 0 Å². The summed E-state index contributed by atoms with van der Waals surface area (Å²) in [6, 6.07) is -0.121. The number of aliphatic hydroxyl groups excluding tert-OH is 1. The highest BCUT2D eigenvalue weighted by atomic mass is 16.3. The van der Waals surface area contributed by atoms with Crippen molar-refractivity contribution in [2.45, 2.75) is 32.7 Å². The molecule has 2 heterocycles. The van der Waals surface area contributed by atoms with E-state index in [0.717, 1.165) is 6.42 Å². The Bertz CT molecular complexity index is 450. The zero-order chi connectivity index (χ0) is 14.0. The fourth-order valence-corrected chi connectivity index (χ4v) is 2.12. The van der Waals surface area contributed by atoms with Gasteiger partial charge < -0.3 is 15.3 Å². The first-order valence-electron chi connectivity index (χ1n) is 6.62. The zero-order valence-electron chi connectivity index (χ0n) is 11.8. The van der Waals surface area contributed by atoms with Gasteiger partial charge >= 0.3 is 6.03 Å². The van der Waals surface area contributed by atoms with Crippen LogP contribution in [0.5, 0.6) is 0 Å². The lowest BCUT2D eigenvalue weighted by Gasteiger charge is -2.19. The average molecular weight is 266 g/mol. The summed E-state index contributed by atoms with van der Waals surface area (Å²) in [4.78, 5) is 13.8. The maximum atomic E-state index is 12.0. The first-order chi connectivity index (χ1) is 8.90. The second-order valence-corrected chi connectivity index (χ2v) is 6.06. The summed E-state index contributed by atoms with van der Waals surface area (Å²) < 4.78 is 1.82. The lowest BCUT2D eigenvalue weighted by Crippen LogP contribution is -2.33. The van der Waals surface area contributed by atoms with Crippen molar-refractivity contribution in [1.29, 1.82) is 0 Å². The number of aromatic nitrogens is 2.